The van der Waals surface area contributed by atoms with Crippen molar-refractivity contribution in [2.45, 2.75) is 39.5 Å². The van der Waals surface area contributed by atoms with Gasteiger partial charge in [-0.1, -0.05) is 43.7 Å². The molecule has 0 aliphatic carbocycles. The molecule has 1 aromatic carbocycles. The molecule has 0 aromatic heterocycles. The number of benzene rings is 1. The molecule has 1 aromatic rings. The van der Waals surface area contributed by atoms with Crippen LogP contribution in [0.15, 0.2) is 30.3 Å². The fourth-order valence-corrected chi connectivity index (χ4v) is 1.73. The zero-order valence-corrected chi connectivity index (χ0v) is 10.5. The highest BCUT2D eigenvalue weighted by molar-refractivity contribution is 5.63. The van der Waals surface area contributed by atoms with Crippen molar-refractivity contribution in [3.63, 3.8) is 0 Å². The third-order valence-electron chi connectivity index (χ3n) is 2.85. The molecule has 0 heterocycles. The van der Waals surface area contributed by atoms with Gasteiger partial charge >= 0.3 is 0 Å². The molecule has 1 rings (SSSR count). The number of nitrogens with two attached hydrogens (primary N) is 1. The molecule has 0 saturated carbocycles. The lowest BCUT2D eigenvalue weighted by Crippen LogP contribution is -1.96. The van der Waals surface area contributed by atoms with Crippen LogP contribution in [0.1, 0.15) is 44.2 Å². The predicted octanol–water partition coefficient (Wildman–Crippen LogP) is 3.78. The van der Waals surface area contributed by atoms with Gasteiger partial charge in [0, 0.05) is 0 Å². The fourth-order valence-electron chi connectivity index (χ4n) is 1.73. The first-order chi connectivity index (χ1) is 7.77. The normalized spacial score (nSPS) is 11.8. The van der Waals surface area contributed by atoms with Crippen LogP contribution in [-0.4, -0.2) is 6.54 Å². The van der Waals surface area contributed by atoms with Gasteiger partial charge in [0.05, 0.1) is 0 Å². The standard InChI is InChI=1S/C15H23N/c1-3-4-7-14-8-10-15(11-9-14)13(2)6-5-12-16/h6,8-11H,3-5,7,12,16H2,1-2H3/b13-6+. The average molecular weight is 217 g/mol. The molecule has 0 amide bonds. The molecule has 1 nitrogen and oxygen atoms in total. The summed E-state index contributed by atoms with van der Waals surface area (Å²) in [6.07, 6.45) is 6.91. The topological polar surface area (TPSA) is 26.0 Å². The number of unbranched alkanes of at least 4 members (excludes halogenated alkanes) is 1. The summed E-state index contributed by atoms with van der Waals surface area (Å²) in [7, 11) is 0. The third kappa shape index (κ3) is 4.19. The molecular weight excluding hydrogens is 194 g/mol. The predicted molar refractivity (Wildman–Crippen MR) is 72.4 cm³/mol. The lowest BCUT2D eigenvalue weighted by Gasteiger charge is -2.04. The Labute approximate surface area is 99.4 Å². The lowest BCUT2D eigenvalue weighted by molar-refractivity contribution is 0.795. The highest BCUT2D eigenvalue weighted by Crippen LogP contribution is 2.16. The fraction of sp³-hybridized carbons (Fsp3) is 0.467. The van der Waals surface area contributed by atoms with Crippen LogP contribution in [0, 0.1) is 0 Å². The summed E-state index contributed by atoms with van der Waals surface area (Å²) >= 11 is 0. The van der Waals surface area contributed by atoms with E-state index < -0.39 is 0 Å². The van der Waals surface area contributed by atoms with Gasteiger partial charge in [-0.2, -0.15) is 0 Å². The van der Waals surface area contributed by atoms with Crippen LogP contribution in [0.5, 0.6) is 0 Å². The summed E-state index contributed by atoms with van der Waals surface area (Å²) in [5.41, 5.74) is 9.57. The van der Waals surface area contributed by atoms with Crippen molar-refractivity contribution in [2.24, 2.45) is 5.73 Å². The summed E-state index contributed by atoms with van der Waals surface area (Å²) in [4.78, 5) is 0. The molecule has 16 heavy (non-hydrogen) atoms. The average Bonchev–Trinajstić information content (AvgIpc) is 2.34. The second-order valence-corrected chi connectivity index (χ2v) is 4.26. The third-order valence-corrected chi connectivity index (χ3v) is 2.85. The quantitative estimate of drug-likeness (QED) is 0.771. The lowest BCUT2D eigenvalue weighted by atomic mass is 10.0. The van der Waals surface area contributed by atoms with Gasteiger partial charge in [-0.15, -0.1) is 0 Å². The van der Waals surface area contributed by atoms with Gasteiger partial charge in [0.15, 0.2) is 0 Å². The minimum atomic E-state index is 0.728. The van der Waals surface area contributed by atoms with Crippen molar-refractivity contribution in [3.8, 4) is 0 Å². The first-order valence-corrected chi connectivity index (χ1v) is 6.24. The molecule has 0 spiro atoms. The van der Waals surface area contributed by atoms with E-state index in [0.717, 1.165) is 13.0 Å². The summed E-state index contributed by atoms with van der Waals surface area (Å²) in [6.45, 7) is 5.11. The van der Waals surface area contributed by atoms with Crippen LogP contribution in [0.2, 0.25) is 0 Å². The minimum absolute atomic E-state index is 0.728. The van der Waals surface area contributed by atoms with E-state index in [9.17, 15) is 0 Å². The molecule has 0 saturated heterocycles. The van der Waals surface area contributed by atoms with Gasteiger partial charge in [-0.25, -0.2) is 0 Å². The van der Waals surface area contributed by atoms with Crippen molar-refractivity contribution in [2.75, 3.05) is 6.54 Å². The minimum Gasteiger partial charge on any atom is -0.330 e. The van der Waals surface area contributed by atoms with Gasteiger partial charge in [0.1, 0.15) is 0 Å². The van der Waals surface area contributed by atoms with Crippen LogP contribution < -0.4 is 5.73 Å². The van der Waals surface area contributed by atoms with E-state index in [0.29, 0.717) is 0 Å². The van der Waals surface area contributed by atoms with E-state index in [2.05, 4.69) is 44.2 Å². The molecule has 0 aliphatic heterocycles. The van der Waals surface area contributed by atoms with E-state index >= 15 is 0 Å². The van der Waals surface area contributed by atoms with Crippen LogP contribution in [-0.2, 0) is 6.42 Å². The Balaban J connectivity index is 2.63. The van der Waals surface area contributed by atoms with Crippen molar-refractivity contribution in [1.82, 2.24) is 0 Å². The molecular formula is C15H23N. The number of aryl methyl sites for hydroxylation is 1. The zero-order chi connectivity index (χ0) is 11.8. The Morgan fingerprint density at radius 1 is 1.25 bits per heavy atom. The number of hydrogen-bond donors (Lipinski definition) is 1. The number of allylic oxidation sites excluding steroid dienone is 1. The highest BCUT2D eigenvalue weighted by atomic mass is 14.5. The molecule has 0 unspecified atom stereocenters. The molecule has 2 N–H and O–H groups in total. The molecule has 88 valence electrons. The molecule has 1 heteroatoms. The summed E-state index contributed by atoms with van der Waals surface area (Å²) in [5, 5.41) is 0. The maximum Gasteiger partial charge on any atom is -0.00424 e. The first-order valence-electron chi connectivity index (χ1n) is 6.24. The SMILES string of the molecule is CCCCc1ccc(/C(C)=C/CCN)cc1. The summed E-state index contributed by atoms with van der Waals surface area (Å²) in [6, 6.07) is 8.91. The molecule has 0 aliphatic rings. The van der Waals surface area contributed by atoms with Gasteiger partial charge in [-0.3, -0.25) is 0 Å². The second kappa shape index (κ2) is 7.24. The Hall–Kier alpha value is -1.08. The molecule has 0 atom stereocenters. The van der Waals surface area contributed by atoms with Crippen LogP contribution in [0.25, 0.3) is 5.57 Å². The Morgan fingerprint density at radius 2 is 1.94 bits per heavy atom. The summed E-state index contributed by atoms with van der Waals surface area (Å²) < 4.78 is 0. The van der Waals surface area contributed by atoms with E-state index in [1.807, 2.05) is 0 Å². The van der Waals surface area contributed by atoms with Crippen molar-refractivity contribution in [3.05, 3.63) is 41.5 Å². The van der Waals surface area contributed by atoms with E-state index in [-0.39, 0.29) is 0 Å². The van der Waals surface area contributed by atoms with Crippen LogP contribution >= 0.6 is 0 Å². The van der Waals surface area contributed by atoms with Crippen molar-refractivity contribution >= 4 is 5.57 Å². The molecule has 0 bridgehead atoms. The molecule has 0 radical (unpaired) electrons. The maximum absolute atomic E-state index is 5.49. The highest BCUT2D eigenvalue weighted by Gasteiger charge is 1.96. The Morgan fingerprint density at radius 3 is 2.50 bits per heavy atom. The van der Waals surface area contributed by atoms with Gasteiger partial charge in [0.2, 0.25) is 0 Å². The van der Waals surface area contributed by atoms with E-state index in [4.69, 9.17) is 5.73 Å². The van der Waals surface area contributed by atoms with Gasteiger partial charge in [-0.05, 0) is 49.4 Å². The number of rotatable bonds is 6. The monoisotopic (exact) mass is 217 g/mol. The van der Waals surface area contributed by atoms with E-state index in [1.165, 1.54) is 36.0 Å². The van der Waals surface area contributed by atoms with Crippen LogP contribution in [0.4, 0.5) is 0 Å². The maximum atomic E-state index is 5.49. The first kappa shape index (κ1) is 13.0. The van der Waals surface area contributed by atoms with Crippen molar-refractivity contribution in [1.29, 1.82) is 0 Å². The van der Waals surface area contributed by atoms with Gasteiger partial charge < -0.3 is 5.73 Å². The summed E-state index contributed by atoms with van der Waals surface area (Å²) in [5.74, 6) is 0. The smallest absolute Gasteiger partial charge is 0.00424 e. The Kier molecular flexibility index (Phi) is 5.87. The number of hydrogen-bond acceptors (Lipinski definition) is 1. The van der Waals surface area contributed by atoms with Crippen molar-refractivity contribution < 1.29 is 0 Å². The van der Waals surface area contributed by atoms with Crippen LogP contribution in [0.3, 0.4) is 0 Å². The van der Waals surface area contributed by atoms with E-state index in [1.54, 1.807) is 0 Å². The second-order valence-electron chi connectivity index (χ2n) is 4.26. The zero-order valence-electron chi connectivity index (χ0n) is 10.5. The van der Waals surface area contributed by atoms with Gasteiger partial charge in [0.25, 0.3) is 0 Å². The molecule has 0 fully saturated rings. The largest absolute Gasteiger partial charge is 0.330 e. The Bertz CT molecular complexity index is 322.